The third kappa shape index (κ3) is 4.28. The van der Waals surface area contributed by atoms with E-state index in [1.807, 2.05) is 0 Å². The van der Waals surface area contributed by atoms with E-state index in [-0.39, 0.29) is 17.6 Å². The third-order valence-electron chi connectivity index (χ3n) is 6.09. The maximum absolute atomic E-state index is 12.5. The quantitative estimate of drug-likeness (QED) is 0.768. The molecule has 1 aliphatic carbocycles. The largest absolute Gasteiger partial charge is 0.391 e. The van der Waals surface area contributed by atoms with Crippen LogP contribution in [0.2, 0.25) is 0 Å². The molecule has 2 aromatic heterocycles. The van der Waals surface area contributed by atoms with E-state index in [1.165, 1.54) is 10.9 Å². The fraction of sp³-hybridized carbons (Fsp3) is 0.571. The van der Waals surface area contributed by atoms with Gasteiger partial charge in [0, 0.05) is 25.2 Å². The Morgan fingerprint density at radius 3 is 2.83 bits per heavy atom. The first kappa shape index (κ1) is 20.3. The first-order valence-electron chi connectivity index (χ1n) is 10.7. The molecule has 9 heteroatoms. The fourth-order valence-electron chi connectivity index (χ4n) is 4.46. The molecule has 2 N–H and O–H groups in total. The molecule has 0 bridgehead atoms. The molecule has 1 saturated carbocycles. The van der Waals surface area contributed by atoms with Crippen molar-refractivity contribution in [3.8, 4) is 6.07 Å². The number of rotatable bonds is 5. The monoisotopic (exact) mass is 409 g/mol. The van der Waals surface area contributed by atoms with Crippen LogP contribution >= 0.6 is 0 Å². The van der Waals surface area contributed by atoms with E-state index in [0.29, 0.717) is 24.3 Å². The summed E-state index contributed by atoms with van der Waals surface area (Å²) in [6, 6.07) is 6.99. The van der Waals surface area contributed by atoms with Crippen LogP contribution < -0.4 is 15.8 Å². The van der Waals surface area contributed by atoms with Gasteiger partial charge in [0.05, 0.1) is 23.9 Å². The zero-order chi connectivity index (χ0) is 20.9. The van der Waals surface area contributed by atoms with Crippen LogP contribution in [0.4, 0.5) is 11.6 Å². The van der Waals surface area contributed by atoms with E-state index in [1.54, 1.807) is 18.2 Å². The molecule has 1 aliphatic heterocycles. The van der Waals surface area contributed by atoms with Crippen molar-refractivity contribution < 1.29 is 5.11 Å². The molecule has 0 radical (unpaired) electrons. The topological polar surface area (TPSA) is 120 Å². The number of hydrogen-bond donors (Lipinski definition) is 2. The van der Waals surface area contributed by atoms with E-state index in [4.69, 9.17) is 0 Å². The Morgan fingerprint density at radius 1 is 1.17 bits per heavy atom. The predicted octanol–water partition coefficient (Wildman–Crippen LogP) is 1.85. The number of aromatic nitrogens is 4. The lowest BCUT2D eigenvalue weighted by atomic mass is 9.93. The number of nitrogens with one attached hydrogen (secondary N) is 1. The Balaban J connectivity index is 1.54. The molecule has 3 unspecified atom stereocenters. The summed E-state index contributed by atoms with van der Waals surface area (Å²) in [4.78, 5) is 14.7. The van der Waals surface area contributed by atoms with E-state index < -0.39 is 6.10 Å². The number of nitrogens with zero attached hydrogens (tertiary/aromatic N) is 6. The van der Waals surface area contributed by atoms with Gasteiger partial charge in [-0.25, -0.2) is 4.68 Å². The van der Waals surface area contributed by atoms with E-state index in [0.717, 1.165) is 50.9 Å². The molecule has 30 heavy (non-hydrogen) atoms. The smallest absolute Gasteiger partial charge is 0.267 e. The van der Waals surface area contributed by atoms with Crippen molar-refractivity contribution in [2.24, 2.45) is 0 Å². The molecule has 2 aliphatic rings. The Morgan fingerprint density at radius 2 is 2.00 bits per heavy atom. The number of hydrogen-bond acceptors (Lipinski definition) is 8. The SMILES string of the molecule is N#Cc1ccnnc1NCC1CCCCN1c1ccc(=O)n(C2CCCCC2O)n1. The number of piperidine rings is 1. The minimum Gasteiger partial charge on any atom is -0.391 e. The molecule has 3 atom stereocenters. The minimum atomic E-state index is -0.529. The van der Waals surface area contributed by atoms with Gasteiger partial charge in [0.25, 0.3) is 5.56 Å². The molecule has 0 aromatic carbocycles. The van der Waals surface area contributed by atoms with Gasteiger partial charge in [0.1, 0.15) is 11.9 Å². The van der Waals surface area contributed by atoms with Crippen LogP contribution in [-0.2, 0) is 0 Å². The zero-order valence-electron chi connectivity index (χ0n) is 16.9. The second kappa shape index (κ2) is 9.22. The van der Waals surface area contributed by atoms with Gasteiger partial charge in [-0.15, -0.1) is 5.10 Å². The summed E-state index contributed by atoms with van der Waals surface area (Å²) in [5, 5.41) is 35.5. The van der Waals surface area contributed by atoms with Gasteiger partial charge in [-0.1, -0.05) is 12.8 Å². The average molecular weight is 409 g/mol. The second-order valence-electron chi connectivity index (χ2n) is 8.02. The minimum absolute atomic E-state index is 0.155. The van der Waals surface area contributed by atoms with Gasteiger partial charge in [-0.2, -0.15) is 15.5 Å². The van der Waals surface area contributed by atoms with Crippen LogP contribution in [0, 0.1) is 11.3 Å². The van der Waals surface area contributed by atoms with E-state index in [9.17, 15) is 15.2 Å². The van der Waals surface area contributed by atoms with Crippen molar-refractivity contribution in [1.82, 2.24) is 20.0 Å². The molecule has 1 saturated heterocycles. The zero-order valence-corrected chi connectivity index (χ0v) is 16.9. The van der Waals surface area contributed by atoms with E-state index >= 15 is 0 Å². The molecular formula is C21H27N7O2. The Kier molecular flexibility index (Phi) is 6.23. The van der Waals surface area contributed by atoms with Crippen LogP contribution in [-0.4, -0.2) is 50.3 Å². The number of aliphatic hydroxyl groups excluding tert-OH is 1. The highest BCUT2D eigenvalue weighted by Gasteiger charge is 2.29. The highest BCUT2D eigenvalue weighted by molar-refractivity contribution is 5.50. The summed E-state index contributed by atoms with van der Waals surface area (Å²) in [5.41, 5.74) is 0.292. The van der Waals surface area contributed by atoms with Crippen molar-refractivity contribution in [3.05, 3.63) is 40.3 Å². The highest BCUT2D eigenvalue weighted by Crippen LogP contribution is 2.28. The van der Waals surface area contributed by atoms with Crippen molar-refractivity contribution >= 4 is 11.6 Å². The van der Waals surface area contributed by atoms with Crippen LogP contribution in [0.25, 0.3) is 0 Å². The Bertz CT molecular complexity index is 970. The molecule has 2 fully saturated rings. The Hall–Kier alpha value is -2.99. The summed E-state index contributed by atoms with van der Waals surface area (Å²) < 4.78 is 1.48. The van der Waals surface area contributed by atoms with Gasteiger partial charge in [-0.3, -0.25) is 4.79 Å². The average Bonchev–Trinajstić information content (AvgIpc) is 2.79. The highest BCUT2D eigenvalue weighted by atomic mass is 16.3. The van der Waals surface area contributed by atoms with Crippen LogP contribution in [0.3, 0.4) is 0 Å². The molecule has 2 aromatic rings. The summed E-state index contributed by atoms with van der Waals surface area (Å²) >= 11 is 0. The summed E-state index contributed by atoms with van der Waals surface area (Å²) in [6.45, 7) is 1.44. The number of aliphatic hydroxyl groups is 1. The summed E-state index contributed by atoms with van der Waals surface area (Å²) in [6.07, 6.45) is 7.57. The van der Waals surface area contributed by atoms with Crippen LogP contribution in [0.1, 0.15) is 56.6 Å². The van der Waals surface area contributed by atoms with Gasteiger partial charge >= 0.3 is 0 Å². The molecule has 0 spiro atoms. The third-order valence-corrected chi connectivity index (χ3v) is 6.09. The van der Waals surface area contributed by atoms with Gasteiger partial charge in [-0.05, 0) is 44.2 Å². The lowest BCUT2D eigenvalue weighted by Crippen LogP contribution is -2.45. The fourth-order valence-corrected chi connectivity index (χ4v) is 4.46. The summed E-state index contributed by atoms with van der Waals surface area (Å²) in [5.74, 6) is 1.23. The van der Waals surface area contributed by atoms with Gasteiger partial charge in [0.15, 0.2) is 5.82 Å². The first-order chi connectivity index (χ1) is 14.7. The van der Waals surface area contributed by atoms with Crippen molar-refractivity contribution in [2.45, 2.75) is 63.1 Å². The maximum Gasteiger partial charge on any atom is 0.267 e. The lowest BCUT2D eigenvalue weighted by Gasteiger charge is -2.37. The maximum atomic E-state index is 12.5. The normalized spacial score (nSPS) is 24.3. The van der Waals surface area contributed by atoms with Crippen molar-refractivity contribution in [2.75, 3.05) is 23.3 Å². The lowest BCUT2D eigenvalue weighted by molar-refractivity contribution is 0.0669. The standard InChI is InChI=1S/C21H27N7O2/c22-13-15-10-11-24-25-21(15)23-14-16-5-3-4-12-27(16)19-8-9-20(30)28(26-19)17-6-1-2-7-18(17)29/h8-11,16-18,29H,1-7,12,14H2,(H,23,25). The van der Waals surface area contributed by atoms with Gasteiger partial charge in [0.2, 0.25) is 0 Å². The number of anilines is 2. The van der Waals surface area contributed by atoms with Crippen LogP contribution in [0.5, 0.6) is 0 Å². The number of nitriles is 1. The Labute approximate surface area is 175 Å². The summed E-state index contributed by atoms with van der Waals surface area (Å²) in [7, 11) is 0. The molecule has 9 nitrogen and oxygen atoms in total. The second-order valence-corrected chi connectivity index (χ2v) is 8.02. The molecule has 0 amide bonds. The molecular weight excluding hydrogens is 382 g/mol. The first-order valence-corrected chi connectivity index (χ1v) is 10.7. The molecule has 158 valence electrons. The molecule has 3 heterocycles. The predicted molar refractivity (Wildman–Crippen MR) is 112 cm³/mol. The molecule has 4 rings (SSSR count). The van der Waals surface area contributed by atoms with Crippen LogP contribution in [0.15, 0.2) is 29.2 Å². The van der Waals surface area contributed by atoms with E-state index in [2.05, 4.69) is 31.6 Å². The van der Waals surface area contributed by atoms with Gasteiger partial charge < -0.3 is 15.3 Å². The van der Waals surface area contributed by atoms with Crippen molar-refractivity contribution in [1.29, 1.82) is 5.26 Å². The van der Waals surface area contributed by atoms with Crippen molar-refractivity contribution in [3.63, 3.8) is 0 Å².